The molecular formula is C9H15N. The molecule has 56 valence electrons. The summed E-state index contributed by atoms with van der Waals surface area (Å²) in [5.74, 6) is 0.581. The largest absolute Gasteiger partial charge is 0.193 e. The Morgan fingerprint density at radius 1 is 1.40 bits per heavy atom. The molecule has 0 aromatic carbocycles. The van der Waals surface area contributed by atoms with E-state index in [4.69, 9.17) is 5.26 Å². The third-order valence-corrected chi connectivity index (χ3v) is 2.08. The van der Waals surface area contributed by atoms with Crippen molar-refractivity contribution in [3.05, 3.63) is 12.2 Å². The van der Waals surface area contributed by atoms with Crippen molar-refractivity contribution < 1.29 is 0 Å². The van der Waals surface area contributed by atoms with Gasteiger partial charge in [-0.25, -0.2) is 0 Å². The van der Waals surface area contributed by atoms with Gasteiger partial charge in [0.25, 0.3) is 0 Å². The van der Waals surface area contributed by atoms with Crippen molar-refractivity contribution in [2.75, 3.05) is 0 Å². The van der Waals surface area contributed by atoms with Crippen molar-refractivity contribution in [2.24, 2.45) is 11.3 Å². The number of hydrogen-bond acceptors (Lipinski definition) is 1. The highest BCUT2D eigenvalue weighted by Gasteiger charge is 2.17. The lowest BCUT2D eigenvalue weighted by molar-refractivity contribution is 0.333. The standard InChI is InChI=1S/C9H15N/c1-8(2)9(3,4)6-5-7-10/h5-6,8H,1-4H3/b6-5+. The lowest BCUT2D eigenvalue weighted by Crippen LogP contribution is -2.15. The van der Waals surface area contributed by atoms with Gasteiger partial charge in [0.1, 0.15) is 0 Å². The van der Waals surface area contributed by atoms with E-state index in [1.165, 1.54) is 0 Å². The molecular weight excluding hydrogens is 122 g/mol. The summed E-state index contributed by atoms with van der Waals surface area (Å²) in [6.45, 7) is 8.57. The third-order valence-electron chi connectivity index (χ3n) is 2.08. The molecule has 0 atom stereocenters. The van der Waals surface area contributed by atoms with Crippen LogP contribution in [0.2, 0.25) is 0 Å². The molecule has 10 heavy (non-hydrogen) atoms. The van der Waals surface area contributed by atoms with Crippen LogP contribution in [0.3, 0.4) is 0 Å². The van der Waals surface area contributed by atoms with Gasteiger partial charge in [0.05, 0.1) is 6.07 Å². The summed E-state index contributed by atoms with van der Waals surface area (Å²) in [5, 5.41) is 8.27. The summed E-state index contributed by atoms with van der Waals surface area (Å²) in [7, 11) is 0. The van der Waals surface area contributed by atoms with Crippen LogP contribution in [0.15, 0.2) is 12.2 Å². The third kappa shape index (κ3) is 2.68. The minimum atomic E-state index is 0.149. The molecule has 0 N–H and O–H groups in total. The summed E-state index contributed by atoms with van der Waals surface area (Å²) < 4.78 is 0. The van der Waals surface area contributed by atoms with Crippen molar-refractivity contribution in [1.29, 1.82) is 5.26 Å². The summed E-state index contributed by atoms with van der Waals surface area (Å²) in [4.78, 5) is 0. The van der Waals surface area contributed by atoms with Crippen LogP contribution in [0, 0.1) is 22.7 Å². The van der Waals surface area contributed by atoms with Gasteiger partial charge in [-0.1, -0.05) is 33.8 Å². The zero-order valence-electron chi connectivity index (χ0n) is 7.18. The van der Waals surface area contributed by atoms with E-state index in [1.807, 2.05) is 12.1 Å². The zero-order valence-corrected chi connectivity index (χ0v) is 7.18. The molecule has 0 aliphatic rings. The van der Waals surface area contributed by atoms with E-state index in [0.29, 0.717) is 5.92 Å². The van der Waals surface area contributed by atoms with E-state index in [9.17, 15) is 0 Å². The average Bonchev–Trinajstić information content (AvgIpc) is 1.84. The van der Waals surface area contributed by atoms with Crippen molar-refractivity contribution in [3.63, 3.8) is 0 Å². The molecule has 0 rings (SSSR count). The van der Waals surface area contributed by atoms with Gasteiger partial charge in [-0.05, 0) is 11.3 Å². The quantitative estimate of drug-likeness (QED) is 0.537. The van der Waals surface area contributed by atoms with Crippen LogP contribution >= 0.6 is 0 Å². The number of rotatable bonds is 2. The Morgan fingerprint density at radius 3 is 2.20 bits per heavy atom. The summed E-state index contributed by atoms with van der Waals surface area (Å²) in [5.41, 5.74) is 0.149. The monoisotopic (exact) mass is 137 g/mol. The number of nitriles is 1. The van der Waals surface area contributed by atoms with Gasteiger partial charge >= 0.3 is 0 Å². The minimum Gasteiger partial charge on any atom is -0.193 e. The lowest BCUT2D eigenvalue weighted by atomic mass is 9.81. The second-order valence-corrected chi connectivity index (χ2v) is 3.44. The SMILES string of the molecule is CC(C)C(C)(C)/C=C/C#N. The van der Waals surface area contributed by atoms with E-state index in [0.717, 1.165) is 0 Å². The molecule has 0 saturated carbocycles. The molecule has 0 aromatic rings. The molecule has 0 aliphatic carbocycles. The zero-order chi connectivity index (χ0) is 8.20. The Hall–Kier alpha value is -0.770. The highest BCUT2D eigenvalue weighted by molar-refractivity contribution is 5.07. The Kier molecular flexibility index (Phi) is 3.15. The summed E-state index contributed by atoms with van der Waals surface area (Å²) in [6, 6.07) is 2.00. The summed E-state index contributed by atoms with van der Waals surface area (Å²) >= 11 is 0. The maximum atomic E-state index is 8.27. The average molecular weight is 137 g/mol. The molecule has 1 nitrogen and oxygen atoms in total. The van der Waals surface area contributed by atoms with Gasteiger partial charge in [-0.15, -0.1) is 0 Å². The maximum Gasteiger partial charge on any atom is 0.0908 e. The van der Waals surface area contributed by atoms with E-state index in [2.05, 4.69) is 27.7 Å². The fraction of sp³-hybridized carbons (Fsp3) is 0.667. The van der Waals surface area contributed by atoms with E-state index < -0.39 is 0 Å². The predicted molar refractivity (Wildman–Crippen MR) is 43.4 cm³/mol. The molecule has 0 aliphatic heterocycles. The second kappa shape index (κ2) is 3.41. The molecule has 0 spiro atoms. The molecule has 0 aromatic heterocycles. The number of hydrogen-bond donors (Lipinski definition) is 0. The van der Waals surface area contributed by atoms with Crippen LogP contribution in [0.4, 0.5) is 0 Å². The molecule has 0 fully saturated rings. The van der Waals surface area contributed by atoms with Crippen LogP contribution in [0.1, 0.15) is 27.7 Å². The normalized spacial score (nSPS) is 12.4. The van der Waals surface area contributed by atoms with Crippen molar-refractivity contribution >= 4 is 0 Å². The summed E-state index contributed by atoms with van der Waals surface area (Å²) in [6.07, 6.45) is 3.51. The van der Waals surface area contributed by atoms with E-state index >= 15 is 0 Å². The van der Waals surface area contributed by atoms with Crippen molar-refractivity contribution in [1.82, 2.24) is 0 Å². The van der Waals surface area contributed by atoms with Gasteiger partial charge in [-0.3, -0.25) is 0 Å². The smallest absolute Gasteiger partial charge is 0.0908 e. The Balaban J connectivity index is 4.15. The Labute approximate surface area is 63.4 Å². The van der Waals surface area contributed by atoms with E-state index in [1.54, 1.807) is 6.08 Å². The van der Waals surface area contributed by atoms with Crippen molar-refractivity contribution in [3.8, 4) is 6.07 Å². The first-order valence-corrected chi connectivity index (χ1v) is 3.58. The highest BCUT2D eigenvalue weighted by Crippen LogP contribution is 2.26. The second-order valence-electron chi connectivity index (χ2n) is 3.44. The van der Waals surface area contributed by atoms with Crippen LogP contribution in [-0.4, -0.2) is 0 Å². The topological polar surface area (TPSA) is 23.8 Å². The number of allylic oxidation sites excluding steroid dienone is 2. The minimum absolute atomic E-state index is 0.149. The number of nitrogens with zero attached hydrogens (tertiary/aromatic N) is 1. The Morgan fingerprint density at radius 2 is 1.90 bits per heavy atom. The van der Waals surface area contributed by atoms with Crippen molar-refractivity contribution in [2.45, 2.75) is 27.7 Å². The maximum absolute atomic E-state index is 8.27. The highest BCUT2D eigenvalue weighted by atomic mass is 14.2. The fourth-order valence-electron chi connectivity index (χ4n) is 0.444. The van der Waals surface area contributed by atoms with Gasteiger partial charge in [0.2, 0.25) is 0 Å². The fourth-order valence-corrected chi connectivity index (χ4v) is 0.444. The first kappa shape index (κ1) is 9.23. The van der Waals surface area contributed by atoms with Crippen LogP contribution in [0.5, 0.6) is 0 Å². The molecule has 0 bridgehead atoms. The lowest BCUT2D eigenvalue weighted by Gasteiger charge is -2.24. The molecule has 0 saturated heterocycles. The van der Waals surface area contributed by atoms with Crippen LogP contribution in [0.25, 0.3) is 0 Å². The molecule has 0 heterocycles. The molecule has 1 heteroatoms. The predicted octanol–water partition coefficient (Wildman–Crippen LogP) is 2.75. The van der Waals surface area contributed by atoms with Crippen LogP contribution in [-0.2, 0) is 0 Å². The van der Waals surface area contributed by atoms with Gasteiger partial charge < -0.3 is 0 Å². The molecule has 0 amide bonds. The van der Waals surface area contributed by atoms with Gasteiger partial charge in [0, 0.05) is 6.08 Å². The first-order valence-electron chi connectivity index (χ1n) is 3.58. The Bertz CT molecular complexity index is 158. The molecule has 0 unspecified atom stereocenters. The van der Waals surface area contributed by atoms with E-state index in [-0.39, 0.29) is 5.41 Å². The molecule has 0 radical (unpaired) electrons. The van der Waals surface area contributed by atoms with Gasteiger partial charge in [-0.2, -0.15) is 5.26 Å². The van der Waals surface area contributed by atoms with Crippen LogP contribution < -0.4 is 0 Å². The first-order chi connectivity index (χ1) is 4.50. The van der Waals surface area contributed by atoms with Gasteiger partial charge in [0.15, 0.2) is 0 Å².